The number of nitrogens with zero attached hydrogens (tertiary/aromatic N) is 1. The number of hydrogen-bond donors (Lipinski definition) is 0. The second kappa shape index (κ2) is 12.2. The van der Waals surface area contributed by atoms with Gasteiger partial charge in [0.05, 0.1) is 0 Å². The van der Waals surface area contributed by atoms with E-state index in [1.165, 1.54) is 16.4 Å². The van der Waals surface area contributed by atoms with Gasteiger partial charge in [0.2, 0.25) is 0 Å². The Morgan fingerprint density at radius 1 is 1.19 bits per heavy atom. The zero-order chi connectivity index (χ0) is 12.2. The van der Waals surface area contributed by atoms with Crippen LogP contribution in [0.25, 0.3) is 0 Å². The van der Waals surface area contributed by atoms with E-state index in [0.29, 0.717) is 0 Å². The maximum atomic E-state index is 4.98. The fourth-order valence-corrected chi connectivity index (χ4v) is 2.32. The molecule has 90 valence electrons. The summed E-state index contributed by atoms with van der Waals surface area (Å²) < 4.78 is 6.41. The molecule has 2 nitrogen and oxygen atoms in total. The van der Waals surface area contributed by atoms with Crippen LogP contribution in [-0.4, -0.2) is 71.1 Å². The van der Waals surface area contributed by atoms with Crippen molar-refractivity contribution in [3.8, 4) is 0 Å². The van der Waals surface area contributed by atoms with E-state index >= 15 is 0 Å². The first-order valence-electron chi connectivity index (χ1n) is 5.55. The van der Waals surface area contributed by atoms with Crippen LogP contribution in [-0.2, 0) is 9.62 Å². The zero-order valence-electron chi connectivity index (χ0n) is 10.5. The molecule has 1 aromatic carbocycles. The molecule has 0 fully saturated rings. The molecule has 0 unspecified atom stereocenters. The van der Waals surface area contributed by atoms with Gasteiger partial charge in [0, 0.05) is 6.54 Å². The fraction of sp³-hybridized carbons (Fsp3) is 0.500. The summed E-state index contributed by atoms with van der Waals surface area (Å²) >= 11 is 1.89. The van der Waals surface area contributed by atoms with Gasteiger partial charge in [-0.05, 0) is 19.7 Å². The molecule has 0 heterocycles. The van der Waals surface area contributed by atoms with Gasteiger partial charge >= 0.3 is 66.0 Å². The second-order valence-corrected chi connectivity index (χ2v) is 7.02. The van der Waals surface area contributed by atoms with Gasteiger partial charge in [0.15, 0.2) is 0 Å². The molecule has 1 aromatic rings. The zero-order valence-corrected chi connectivity index (χ0v) is 18.6. The summed E-state index contributed by atoms with van der Waals surface area (Å²) in [7, 11) is 4.15. The van der Waals surface area contributed by atoms with E-state index in [4.69, 9.17) is 3.07 Å². The normalized spacial score (nSPS) is 9.81. The van der Waals surface area contributed by atoms with Crippen LogP contribution in [0.15, 0.2) is 30.3 Å². The maximum absolute atomic E-state index is 4.98. The molecule has 0 saturated carbocycles. The molecule has 1 rings (SSSR count). The molecular formula is C12H23NOSn2. The van der Waals surface area contributed by atoms with Gasteiger partial charge in [-0.3, -0.25) is 0 Å². The van der Waals surface area contributed by atoms with Gasteiger partial charge in [-0.25, -0.2) is 0 Å². The molecule has 0 aliphatic rings. The molecule has 0 aromatic heterocycles. The van der Waals surface area contributed by atoms with E-state index in [2.05, 4.69) is 43.3 Å². The van der Waals surface area contributed by atoms with Gasteiger partial charge in [-0.15, -0.1) is 0 Å². The Labute approximate surface area is 126 Å². The Bertz CT molecular complexity index is 238. The van der Waals surface area contributed by atoms with Gasteiger partial charge in [-0.1, -0.05) is 30.3 Å². The van der Waals surface area contributed by atoms with Crippen LogP contribution < -0.4 is 0 Å². The third-order valence-corrected chi connectivity index (χ3v) is 4.13. The standard InChI is InChI=1S/C9H13N.C3H6O.2Sn.4H/c1-10(2)8-9-6-4-3-5-7-9;1-2-3-4;;;;;;/h3-7H,8H2,1-2H3;1-3H2;;;;;;/q;-1;;+1;;;;. The number of rotatable bonds is 5. The SMILES string of the molecule is CN(C)Cc1ccccc1.[SnH2][CH2]CC[O][SnH2]. The summed E-state index contributed by atoms with van der Waals surface area (Å²) in [5.41, 5.74) is 1.37. The number of hydrogen-bond acceptors (Lipinski definition) is 2. The molecule has 0 aliphatic carbocycles. The Morgan fingerprint density at radius 3 is 2.19 bits per heavy atom. The van der Waals surface area contributed by atoms with Crippen molar-refractivity contribution in [3.63, 3.8) is 0 Å². The topological polar surface area (TPSA) is 12.5 Å². The Morgan fingerprint density at radius 2 is 1.81 bits per heavy atom. The summed E-state index contributed by atoms with van der Waals surface area (Å²) in [6.45, 7) is 2.06. The first-order valence-corrected chi connectivity index (χ1v) is 10.1. The van der Waals surface area contributed by atoms with Crippen molar-refractivity contribution in [1.29, 1.82) is 0 Å². The Balaban J connectivity index is 0.000000325. The second-order valence-electron chi connectivity index (χ2n) is 3.84. The Kier molecular flexibility index (Phi) is 12.8. The molecular weight excluding hydrogens is 412 g/mol. The van der Waals surface area contributed by atoms with E-state index in [1.54, 1.807) is 0 Å². The van der Waals surface area contributed by atoms with Crippen molar-refractivity contribution in [3.05, 3.63) is 35.9 Å². The molecule has 0 aliphatic heterocycles. The van der Waals surface area contributed by atoms with Gasteiger partial charge in [-0.2, -0.15) is 0 Å². The van der Waals surface area contributed by atoms with Crippen molar-refractivity contribution in [2.75, 3.05) is 20.7 Å². The molecule has 0 spiro atoms. The first kappa shape index (κ1) is 16.7. The molecule has 2 radical (unpaired) electrons. The van der Waals surface area contributed by atoms with Crippen LogP contribution >= 0.6 is 0 Å². The quantitative estimate of drug-likeness (QED) is 0.501. The molecule has 4 heteroatoms. The molecule has 16 heavy (non-hydrogen) atoms. The van der Waals surface area contributed by atoms with Crippen LogP contribution in [0.5, 0.6) is 0 Å². The van der Waals surface area contributed by atoms with Gasteiger partial charge < -0.3 is 4.90 Å². The Hall–Kier alpha value is 0.737. The molecule has 0 bridgehead atoms. The van der Waals surface area contributed by atoms with E-state index < -0.39 is 0 Å². The van der Waals surface area contributed by atoms with Crippen molar-refractivity contribution in [2.45, 2.75) is 17.4 Å². The summed E-state index contributed by atoms with van der Waals surface area (Å²) in [5.74, 6) is 0. The fourth-order valence-electron chi connectivity index (χ4n) is 1.15. The van der Waals surface area contributed by atoms with Crippen LogP contribution in [0.3, 0.4) is 0 Å². The van der Waals surface area contributed by atoms with Crippen molar-refractivity contribution >= 4 is 45.5 Å². The monoisotopic (exact) mass is 437 g/mol. The summed E-state index contributed by atoms with van der Waals surface area (Å²) in [6.07, 6.45) is 1.31. The first-order chi connectivity index (χ1) is 7.70. The molecule has 0 atom stereocenters. The van der Waals surface area contributed by atoms with Crippen LogP contribution in [0.4, 0.5) is 0 Å². The average molecular weight is 435 g/mol. The van der Waals surface area contributed by atoms with Gasteiger partial charge in [0.1, 0.15) is 0 Å². The average Bonchev–Trinajstić information content (AvgIpc) is 2.28. The molecule has 0 N–H and O–H groups in total. The van der Waals surface area contributed by atoms with Crippen molar-refractivity contribution < 1.29 is 3.07 Å². The number of benzene rings is 1. The third-order valence-electron chi connectivity index (χ3n) is 1.88. The predicted octanol–water partition coefficient (Wildman–Crippen LogP) is 0.741. The van der Waals surface area contributed by atoms with Crippen LogP contribution in [0.1, 0.15) is 12.0 Å². The third kappa shape index (κ3) is 11.2. The summed E-state index contributed by atoms with van der Waals surface area (Å²) in [6, 6.07) is 10.5. The molecule has 0 saturated heterocycles. The summed E-state index contributed by atoms with van der Waals surface area (Å²) in [5, 5.41) is 0. The van der Waals surface area contributed by atoms with E-state index in [1.807, 2.05) is 6.07 Å². The van der Waals surface area contributed by atoms with Crippen LogP contribution in [0.2, 0.25) is 4.44 Å². The van der Waals surface area contributed by atoms with E-state index in [9.17, 15) is 0 Å². The minimum atomic E-state index is 0.737. The van der Waals surface area contributed by atoms with Gasteiger partial charge in [0.25, 0.3) is 0 Å². The predicted molar refractivity (Wildman–Crippen MR) is 76.3 cm³/mol. The summed E-state index contributed by atoms with van der Waals surface area (Å²) in [4.78, 5) is 2.16. The van der Waals surface area contributed by atoms with E-state index in [0.717, 1.165) is 58.6 Å². The van der Waals surface area contributed by atoms with Crippen molar-refractivity contribution in [1.82, 2.24) is 4.90 Å². The van der Waals surface area contributed by atoms with E-state index in [-0.39, 0.29) is 0 Å². The minimum absolute atomic E-state index is 0.737. The van der Waals surface area contributed by atoms with Crippen LogP contribution in [0, 0.1) is 0 Å². The molecule has 0 amide bonds. The van der Waals surface area contributed by atoms with Crippen molar-refractivity contribution in [2.24, 2.45) is 0 Å².